The number of nitrogens with zero attached hydrogens (tertiary/aromatic N) is 1. The number of allylic oxidation sites excluding steroid dienone is 1. The third kappa shape index (κ3) is 2.55. The van der Waals surface area contributed by atoms with Gasteiger partial charge in [0, 0.05) is 17.5 Å². The van der Waals surface area contributed by atoms with E-state index in [4.69, 9.17) is 4.74 Å². The minimum absolute atomic E-state index is 0.0716. The summed E-state index contributed by atoms with van der Waals surface area (Å²) >= 11 is 0. The molecule has 3 rings (SSSR count). The lowest BCUT2D eigenvalue weighted by molar-refractivity contribution is -0.136. The van der Waals surface area contributed by atoms with Gasteiger partial charge in [-0.25, -0.2) is 23.4 Å². The van der Waals surface area contributed by atoms with Gasteiger partial charge in [0.25, 0.3) is 0 Å². The fraction of sp³-hybridized carbons (Fsp3) is 0.312. The van der Waals surface area contributed by atoms with Crippen LogP contribution in [0.15, 0.2) is 28.7 Å². The number of hydrogen-bond acceptors (Lipinski definition) is 5. The molecule has 0 saturated heterocycles. The van der Waals surface area contributed by atoms with Crippen molar-refractivity contribution in [3.05, 3.63) is 51.6 Å². The summed E-state index contributed by atoms with van der Waals surface area (Å²) in [4.78, 5) is 27.0. The van der Waals surface area contributed by atoms with E-state index in [1.54, 1.807) is 0 Å². The van der Waals surface area contributed by atoms with Gasteiger partial charge >= 0.3 is 11.9 Å². The van der Waals surface area contributed by atoms with E-state index < -0.39 is 41.4 Å². The molecule has 3 heterocycles. The van der Waals surface area contributed by atoms with Gasteiger partial charge in [-0.05, 0) is 19.4 Å². The standard InChI is InChI=1S/C16H13F3N2O4/c1-5(17)9-7(3-20-14(19)13(9)18)11-10(15(22)23)6(2)21-8-4-25-16(24)12(8)11/h3,5,11,21H,4H2,1-2H3,(H,22,23)/t5-,11+/m1/s1. The summed E-state index contributed by atoms with van der Waals surface area (Å²) < 4.78 is 46.5. The molecule has 1 aromatic rings. The van der Waals surface area contributed by atoms with Crippen LogP contribution in [0.25, 0.3) is 0 Å². The fourth-order valence-corrected chi connectivity index (χ4v) is 3.19. The zero-order valence-electron chi connectivity index (χ0n) is 13.2. The summed E-state index contributed by atoms with van der Waals surface area (Å²) in [6, 6.07) is 0. The number of cyclic esters (lactones) is 1. The molecule has 6 nitrogen and oxygen atoms in total. The first-order valence-corrected chi connectivity index (χ1v) is 7.33. The molecule has 0 bridgehead atoms. The van der Waals surface area contributed by atoms with Crippen molar-refractivity contribution < 1.29 is 32.6 Å². The van der Waals surface area contributed by atoms with Crippen molar-refractivity contribution in [1.82, 2.24) is 10.3 Å². The van der Waals surface area contributed by atoms with Gasteiger partial charge in [-0.3, -0.25) is 0 Å². The highest BCUT2D eigenvalue weighted by Gasteiger charge is 2.43. The number of halogens is 3. The molecule has 0 radical (unpaired) electrons. The van der Waals surface area contributed by atoms with E-state index in [0.29, 0.717) is 5.70 Å². The normalized spacial score (nSPS) is 21.0. The number of carbonyl (C=O) groups excluding carboxylic acids is 1. The summed E-state index contributed by atoms with van der Waals surface area (Å²) in [6.45, 7) is 2.32. The SMILES string of the molecule is CC1=C(C(=O)O)[C@H](c2cnc(F)c(F)c2[C@@H](C)F)C2=C(COC2=O)N1. The Hall–Kier alpha value is -2.84. The van der Waals surface area contributed by atoms with Crippen molar-refractivity contribution in [2.75, 3.05) is 6.61 Å². The van der Waals surface area contributed by atoms with Gasteiger partial charge in [-0.15, -0.1) is 0 Å². The molecule has 0 spiro atoms. The van der Waals surface area contributed by atoms with Crippen molar-refractivity contribution in [3.8, 4) is 0 Å². The minimum atomic E-state index is -1.95. The molecule has 0 fully saturated rings. The molecule has 0 aliphatic carbocycles. The van der Waals surface area contributed by atoms with Crippen molar-refractivity contribution in [2.24, 2.45) is 0 Å². The van der Waals surface area contributed by atoms with Crippen LogP contribution in [0.4, 0.5) is 13.2 Å². The highest BCUT2D eigenvalue weighted by atomic mass is 19.2. The molecular weight excluding hydrogens is 341 g/mol. The van der Waals surface area contributed by atoms with Crippen molar-refractivity contribution >= 4 is 11.9 Å². The van der Waals surface area contributed by atoms with Gasteiger partial charge in [0.1, 0.15) is 12.8 Å². The number of carbonyl (C=O) groups is 2. The second kappa shape index (κ2) is 5.91. The lowest BCUT2D eigenvalue weighted by Gasteiger charge is -2.28. The predicted molar refractivity (Wildman–Crippen MR) is 77.9 cm³/mol. The fourth-order valence-electron chi connectivity index (χ4n) is 3.19. The average molecular weight is 354 g/mol. The number of dihydropyridines is 1. The number of hydrogen-bond donors (Lipinski definition) is 2. The maximum Gasteiger partial charge on any atom is 0.337 e. The number of pyridine rings is 1. The third-order valence-electron chi connectivity index (χ3n) is 4.20. The highest BCUT2D eigenvalue weighted by Crippen LogP contribution is 2.44. The van der Waals surface area contributed by atoms with Crippen LogP contribution in [0, 0.1) is 11.8 Å². The Morgan fingerprint density at radius 1 is 1.48 bits per heavy atom. The number of aliphatic carboxylic acids is 1. The molecule has 2 aliphatic heterocycles. The quantitative estimate of drug-likeness (QED) is 0.639. The monoisotopic (exact) mass is 354 g/mol. The summed E-state index contributed by atoms with van der Waals surface area (Å²) in [5.41, 5.74) is -0.752. The molecule has 0 amide bonds. The molecule has 9 heteroatoms. The Kier molecular flexibility index (Phi) is 4.02. The number of carboxylic acids is 1. The van der Waals surface area contributed by atoms with E-state index in [1.165, 1.54) is 6.92 Å². The van der Waals surface area contributed by atoms with Crippen LogP contribution >= 0.6 is 0 Å². The topological polar surface area (TPSA) is 88.5 Å². The Balaban J connectivity index is 2.32. The summed E-state index contributed by atoms with van der Waals surface area (Å²) in [7, 11) is 0. The highest BCUT2D eigenvalue weighted by molar-refractivity contribution is 6.00. The zero-order valence-corrected chi connectivity index (χ0v) is 13.2. The average Bonchev–Trinajstić information content (AvgIpc) is 2.88. The molecule has 132 valence electrons. The summed E-state index contributed by atoms with van der Waals surface area (Å²) in [5, 5.41) is 12.3. The number of alkyl halides is 1. The van der Waals surface area contributed by atoms with E-state index >= 15 is 0 Å². The minimum Gasteiger partial charge on any atom is -0.478 e. The van der Waals surface area contributed by atoms with Crippen molar-refractivity contribution in [2.45, 2.75) is 25.9 Å². The molecule has 2 aliphatic rings. The lowest BCUT2D eigenvalue weighted by Crippen LogP contribution is -2.30. The first-order valence-electron chi connectivity index (χ1n) is 7.33. The van der Waals surface area contributed by atoms with E-state index in [-0.39, 0.29) is 29.0 Å². The van der Waals surface area contributed by atoms with Gasteiger partial charge < -0.3 is 15.2 Å². The van der Waals surface area contributed by atoms with Gasteiger partial charge in [0.15, 0.2) is 5.82 Å². The molecular formula is C16H13F3N2O4. The Bertz CT molecular complexity index is 859. The number of aromatic nitrogens is 1. The number of esters is 1. The van der Waals surface area contributed by atoms with Crippen LogP contribution < -0.4 is 5.32 Å². The maximum absolute atomic E-state index is 14.1. The molecule has 2 N–H and O–H groups in total. The second-order valence-corrected chi connectivity index (χ2v) is 5.72. The van der Waals surface area contributed by atoms with Crippen molar-refractivity contribution in [1.29, 1.82) is 0 Å². The zero-order chi connectivity index (χ0) is 18.5. The number of ether oxygens (including phenoxy) is 1. The molecule has 0 unspecified atom stereocenters. The largest absolute Gasteiger partial charge is 0.478 e. The first kappa shape index (κ1) is 17.0. The smallest absolute Gasteiger partial charge is 0.337 e. The second-order valence-electron chi connectivity index (χ2n) is 5.72. The number of nitrogens with one attached hydrogen (secondary N) is 1. The predicted octanol–water partition coefficient (Wildman–Crippen LogP) is 2.25. The van der Waals surface area contributed by atoms with Crippen LogP contribution in [0.1, 0.15) is 37.1 Å². The van der Waals surface area contributed by atoms with Crippen LogP contribution in [0.2, 0.25) is 0 Å². The van der Waals surface area contributed by atoms with Gasteiger partial charge in [-0.2, -0.15) is 4.39 Å². The Morgan fingerprint density at radius 2 is 2.16 bits per heavy atom. The van der Waals surface area contributed by atoms with Gasteiger partial charge in [0.05, 0.1) is 22.8 Å². The first-order chi connectivity index (χ1) is 11.7. The van der Waals surface area contributed by atoms with Crippen LogP contribution in [-0.4, -0.2) is 28.6 Å². The van der Waals surface area contributed by atoms with E-state index in [9.17, 15) is 27.9 Å². The van der Waals surface area contributed by atoms with E-state index in [0.717, 1.165) is 13.1 Å². The summed E-state index contributed by atoms with van der Waals surface area (Å²) in [6.07, 6.45) is -1.09. The molecule has 25 heavy (non-hydrogen) atoms. The summed E-state index contributed by atoms with van der Waals surface area (Å²) in [5.74, 6) is -6.52. The molecule has 0 aromatic carbocycles. The van der Waals surface area contributed by atoms with Crippen molar-refractivity contribution in [3.63, 3.8) is 0 Å². The van der Waals surface area contributed by atoms with Crippen LogP contribution in [-0.2, 0) is 14.3 Å². The van der Waals surface area contributed by atoms with Crippen LogP contribution in [0.5, 0.6) is 0 Å². The number of rotatable bonds is 3. The third-order valence-corrected chi connectivity index (χ3v) is 4.20. The molecule has 0 saturated carbocycles. The van der Waals surface area contributed by atoms with E-state index in [1.807, 2.05) is 0 Å². The Labute approximate surface area is 140 Å². The number of carboxylic acid groups (broad SMARTS) is 1. The maximum atomic E-state index is 14.1. The molecule has 1 aromatic heterocycles. The van der Waals surface area contributed by atoms with Gasteiger partial charge in [-0.1, -0.05) is 0 Å². The van der Waals surface area contributed by atoms with E-state index in [2.05, 4.69) is 10.3 Å². The van der Waals surface area contributed by atoms with Gasteiger partial charge in [0.2, 0.25) is 5.95 Å². The Morgan fingerprint density at radius 3 is 2.76 bits per heavy atom. The lowest BCUT2D eigenvalue weighted by atomic mass is 9.79. The molecule has 2 atom stereocenters. The van der Waals surface area contributed by atoms with Crippen LogP contribution in [0.3, 0.4) is 0 Å².